The summed E-state index contributed by atoms with van der Waals surface area (Å²) in [7, 11) is 0. The topological polar surface area (TPSA) is 20.2 Å². The lowest BCUT2D eigenvalue weighted by Gasteiger charge is -2.53. The molecule has 0 aromatic heterocycles. The zero-order valence-electron chi connectivity index (χ0n) is 8.55. The first kappa shape index (κ1) is 8.28. The van der Waals surface area contributed by atoms with E-state index in [1.54, 1.807) is 0 Å². The molecule has 3 aliphatic carbocycles. The van der Waals surface area contributed by atoms with E-state index in [0.717, 1.165) is 12.3 Å². The molecule has 1 heteroatoms. The van der Waals surface area contributed by atoms with Gasteiger partial charge in [-0.2, -0.15) is 0 Å². The second kappa shape index (κ2) is 2.31. The van der Waals surface area contributed by atoms with Gasteiger partial charge in [0.15, 0.2) is 0 Å². The van der Waals surface area contributed by atoms with Crippen molar-refractivity contribution in [3.63, 3.8) is 0 Å². The van der Waals surface area contributed by atoms with Crippen molar-refractivity contribution in [3.05, 3.63) is 0 Å². The van der Waals surface area contributed by atoms with Gasteiger partial charge in [0, 0.05) is 0 Å². The van der Waals surface area contributed by atoms with E-state index in [9.17, 15) is 5.11 Å². The first-order chi connectivity index (χ1) is 6.17. The standard InChI is InChI=1S/C12H20O/c1-11-7-5-9(11)8-10-4-2-3-6-12(10,11)13/h9-10,13H,2-8H2,1H3/t9-,10+,11-,12+/m1/s1. The maximum absolute atomic E-state index is 10.8. The predicted octanol–water partition coefficient (Wildman–Crippen LogP) is 2.73. The first-order valence-corrected chi connectivity index (χ1v) is 5.89. The quantitative estimate of drug-likeness (QED) is 0.607. The first-order valence-electron chi connectivity index (χ1n) is 5.89. The Morgan fingerprint density at radius 3 is 2.62 bits per heavy atom. The van der Waals surface area contributed by atoms with Crippen LogP contribution in [-0.2, 0) is 0 Å². The van der Waals surface area contributed by atoms with Crippen molar-refractivity contribution in [2.24, 2.45) is 17.3 Å². The molecule has 0 unspecified atom stereocenters. The molecule has 0 bridgehead atoms. The monoisotopic (exact) mass is 180 g/mol. The van der Waals surface area contributed by atoms with E-state index in [4.69, 9.17) is 0 Å². The average Bonchev–Trinajstić information content (AvgIpc) is 2.26. The van der Waals surface area contributed by atoms with Gasteiger partial charge in [0.2, 0.25) is 0 Å². The van der Waals surface area contributed by atoms with Crippen molar-refractivity contribution in [2.75, 3.05) is 0 Å². The Kier molecular flexibility index (Phi) is 1.47. The van der Waals surface area contributed by atoms with E-state index in [1.165, 1.54) is 38.5 Å². The molecule has 3 fully saturated rings. The Morgan fingerprint density at radius 2 is 1.92 bits per heavy atom. The van der Waals surface area contributed by atoms with Crippen LogP contribution in [0.1, 0.15) is 51.9 Å². The highest BCUT2D eigenvalue weighted by Gasteiger charge is 2.65. The number of hydrogen-bond acceptors (Lipinski definition) is 1. The van der Waals surface area contributed by atoms with E-state index < -0.39 is 0 Å². The summed E-state index contributed by atoms with van der Waals surface area (Å²) in [5.41, 5.74) is 0.0618. The zero-order chi connectivity index (χ0) is 9.10. The van der Waals surface area contributed by atoms with Gasteiger partial charge >= 0.3 is 0 Å². The predicted molar refractivity (Wildman–Crippen MR) is 52.4 cm³/mol. The fourth-order valence-corrected chi connectivity index (χ4v) is 4.37. The lowest BCUT2D eigenvalue weighted by atomic mass is 9.55. The van der Waals surface area contributed by atoms with E-state index >= 15 is 0 Å². The third-order valence-electron chi connectivity index (χ3n) is 5.51. The summed E-state index contributed by atoms with van der Waals surface area (Å²) in [5, 5.41) is 10.8. The molecule has 1 nitrogen and oxygen atoms in total. The molecule has 3 saturated carbocycles. The molecule has 0 amide bonds. The summed E-state index contributed by atoms with van der Waals surface area (Å²) >= 11 is 0. The highest BCUT2D eigenvalue weighted by Crippen LogP contribution is 2.67. The van der Waals surface area contributed by atoms with Crippen molar-refractivity contribution in [1.29, 1.82) is 0 Å². The molecule has 0 aliphatic heterocycles. The minimum atomic E-state index is -0.256. The van der Waals surface area contributed by atoms with Crippen LogP contribution in [0.5, 0.6) is 0 Å². The van der Waals surface area contributed by atoms with Gasteiger partial charge < -0.3 is 5.11 Å². The molecular weight excluding hydrogens is 160 g/mol. The fourth-order valence-electron chi connectivity index (χ4n) is 4.37. The van der Waals surface area contributed by atoms with Gasteiger partial charge in [0.05, 0.1) is 5.60 Å². The van der Waals surface area contributed by atoms with Crippen LogP contribution in [0.25, 0.3) is 0 Å². The smallest absolute Gasteiger partial charge is 0.0731 e. The van der Waals surface area contributed by atoms with E-state index in [1.807, 2.05) is 0 Å². The highest BCUT2D eigenvalue weighted by molar-refractivity contribution is 5.15. The Labute approximate surface area is 80.5 Å². The summed E-state index contributed by atoms with van der Waals surface area (Å²) in [6.45, 7) is 2.34. The second-order valence-electron chi connectivity index (χ2n) is 5.76. The SMILES string of the molecule is C[C@@]12CC[C@@H]1C[C@@H]1CCCC[C@]12O. The van der Waals surface area contributed by atoms with Crippen molar-refractivity contribution in [1.82, 2.24) is 0 Å². The van der Waals surface area contributed by atoms with Crippen LogP contribution in [0.3, 0.4) is 0 Å². The minimum Gasteiger partial charge on any atom is -0.389 e. The molecule has 0 aromatic carbocycles. The second-order valence-corrected chi connectivity index (χ2v) is 5.76. The maximum atomic E-state index is 10.8. The van der Waals surface area contributed by atoms with Crippen LogP contribution < -0.4 is 0 Å². The van der Waals surface area contributed by atoms with Crippen LogP contribution in [-0.4, -0.2) is 10.7 Å². The van der Waals surface area contributed by atoms with E-state index in [2.05, 4.69) is 6.92 Å². The van der Waals surface area contributed by atoms with Gasteiger partial charge in [-0.3, -0.25) is 0 Å². The largest absolute Gasteiger partial charge is 0.389 e. The summed E-state index contributed by atoms with van der Waals surface area (Å²) in [4.78, 5) is 0. The van der Waals surface area contributed by atoms with Gasteiger partial charge in [-0.15, -0.1) is 0 Å². The molecule has 1 N–H and O–H groups in total. The van der Waals surface area contributed by atoms with Crippen molar-refractivity contribution in [2.45, 2.75) is 57.5 Å². The molecule has 0 saturated heterocycles. The lowest BCUT2D eigenvalue weighted by Crippen LogP contribution is -2.53. The Hall–Kier alpha value is -0.0400. The molecule has 3 aliphatic rings. The van der Waals surface area contributed by atoms with Gasteiger partial charge in [-0.05, 0) is 49.4 Å². The Bertz CT molecular complexity index is 237. The number of fused-ring (bicyclic) bond motifs is 3. The normalized spacial score (nSPS) is 59.5. The fraction of sp³-hybridized carbons (Fsp3) is 1.00. The highest BCUT2D eigenvalue weighted by atomic mass is 16.3. The number of aliphatic hydroxyl groups is 1. The lowest BCUT2D eigenvalue weighted by molar-refractivity contribution is -0.145. The average molecular weight is 180 g/mol. The molecule has 13 heavy (non-hydrogen) atoms. The van der Waals surface area contributed by atoms with Crippen molar-refractivity contribution < 1.29 is 5.11 Å². The van der Waals surface area contributed by atoms with Gasteiger partial charge in [0.1, 0.15) is 0 Å². The summed E-state index contributed by atoms with van der Waals surface area (Å²) in [6, 6.07) is 0. The summed E-state index contributed by atoms with van der Waals surface area (Å²) < 4.78 is 0. The molecule has 74 valence electrons. The summed E-state index contributed by atoms with van der Waals surface area (Å²) in [6.07, 6.45) is 8.99. The van der Waals surface area contributed by atoms with Crippen LogP contribution in [0.4, 0.5) is 0 Å². The zero-order valence-corrected chi connectivity index (χ0v) is 8.55. The van der Waals surface area contributed by atoms with Crippen LogP contribution in [0.15, 0.2) is 0 Å². The third kappa shape index (κ3) is 0.782. The maximum Gasteiger partial charge on any atom is 0.0731 e. The third-order valence-corrected chi connectivity index (χ3v) is 5.51. The molecule has 0 aromatic rings. The van der Waals surface area contributed by atoms with Crippen LogP contribution in [0.2, 0.25) is 0 Å². The van der Waals surface area contributed by atoms with Crippen LogP contribution in [0, 0.1) is 17.3 Å². The van der Waals surface area contributed by atoms with Gasteiger partial charge in [-0.1, -0.05) is 19.8 Å². The molecule has 0 radical (unpaired) electrons. The van der Waals surface area contributed by atoms with Gasteiger partial charge in [0.25, 0.3) is 0 Å². The van der Waals surface area contributed by atoms with E-state index in [0.29, 0.717) is 11.3 Å². The number of hydrogen-bond donors (Lipinski definition) is 1. The van der Waals surface area contributed by atoms with Crippen LogP contribution >= 0.6 is 0 Å². The van der Waals surface area contributed by atoms with Crippen molar-refractivity contribution in [3.8, 4) is 0 Å². The molecule has 0 spiro atoms. The molecule has 0 heterocycles. The molecule has 3 rings (SSSR count). The Morgan fingerprint density at radius 1 is 1.08 bits per heavy atom. The van der Waals surface area contributed by atoms with E-state index in [-0.39, 0.29) is 5.60 Å². The molecule has 4 atom stereocenters. The minimum absolute atomic E-state index is 0.256. The Balaban J connectivity index is 1.97. The van der Waals surface area contributed by atoms with Crippen molar-refractivity contribution >= 4 is 0 Å². The molecular formula is C12H20O. The number of rotatable bonds is 0. The summed E-state index contributed by atoms with van der Waals surface area (Å²) in [5.74, 6) is 1.51. The van der Waals surface area contributed by atoms with Gasteiger partial charge in [-0.25, -0.2) is 0 Å².